The maximum absolute atomic E-state index is 12.9. The molecule has 0 fully saturated rings. The van der Waals surface area contributed by atoms with Crippen molar-refractivity contribution < 1.29 is 4.79 Å². The molecular weight excluding hydrogens is 322 g/mol. The van der Waals surface area contributed by atoms with E-state index in [0.717, 1.165) is 5.56 Å². The van der Waals surface area contributed by atoms with Gasteiger partial charge < -0.3 is 4.90 Å². The maximum Gasteiger partial charge on any atom is 0.266 e. The van der Waals surface area contributed by atoms with E-state index in [2.05, 4.69) is 19.9 Å². The van der Waals surface area contributed by atoms with Crippen LogP contribution >= 0.6 is 11.3 Å². The summed E-state index contributed by atoms with van der Waals surface area (Å²) in [5.74, 6) is 0.478. The topological polar surface area (TPSA) is 71.9 Å². The zero-order valence-corrected chi connectivity index (χ0v) is 14.5. The first-order chi connectivity index (χ1) is 11.6. The summed E-state index contributed by atoms with van der Waals surface area (Å²) in [4.78, 5) is 32.0. The molecule has 6 nitrogen and oxygen atoms in total. The van der Waals surface area contributed by atoms with Crippen LogP contribution in [0.5, 0.6) is 0 Å². The molecule has 0 aliphatic carbocycles. The van der Waals surface area contributed by atoms with Gasteiger partial charge in [-0.25, -0.2) is 15.0 Å². The van der Waals surface area contributed by atoms with Crippen molar-refractivity contribution in [2.24, 2.45) is 0 Å². The van der Waals surface area contributed by atoms with Crippen LogP contribution in [0.4, 0.5) is 0 Å². The Morgan fingerprint density at radius 3 is 2.50 bits per heavy atom. The minimum atomic E-state index is -0.0588. The lowest BCUT2D eigenvalue weighted by molar-refractivity contribution is 0.0746. The Labute approximate surface area is 144 Å². The van der Waals surface area contributed by atoms with Crippen LogP contribution in [-0.4, -0.2) is 37.8 Å². The number of hydrogen-bond acceptors (Lipinski definition) is 6. The number of thiazole rings is 1. The Hall–Kier alpha value is -2.67. The standard InChI is InChI=1S/C17H17N5OS/c1-11-14(24-16(21-11)15-19-7-4-8-20-15)17(23)22(3)12(2)13-5-9-18-10-6-13/h4-10,12H,1-3H3. The number of hydrogen-bond donors (Lipinski definition) is 0. The van der Waals surface area contributed by atoms with Gasteiger partial charge in [-0.15, -0.1) is 11.3 Å². The van der Waals surface area contributed by atoms with Crippen molar-refractivity contribution in [2.75, 3.05) is 7.05 Å². The summed E-state index contributed by atoms with van der Waals surface area (Å²) in [6, 6.07) is 5.52. The molecule has 1 atom stereocenters. The van der Waals surface area contributed by atoms with Gasteiger partial charge in [0.1, 0.15) is 4.88 Å². The molecule has 0 radical (unpaired) electrons. The number of rotatable bonds is 4. The quantitative estimate of drug-likeness (QED) is 0.730. The molecule has 0 saturated heterocycles. The fourth-order valence-corrected chi connectivity index (χ4v) is 3.30. The maximum atomic E-state index is 12.9. The summed E-state index contributed by atoms with van der Waals surface area (Å²) in [5, 5.41) is 0.654. The van der Waals surface area contributed by atoms with Crippen molar-refractivity contribution in [3.8, 4) is 10.8 Å². The summed E-state index contributed by atoms with van der Waals surface area (Å²) < 4.78 is 0. The van der Waals surface area contributed by atoms with Gasteiger partial charge in [0.05, 0.1) is 11.7 Å². The second-order valence-electron chi connectivity index (χ2n) is 5.38. The Morgan fingerprint density at radius 2 is 1.83 bits per heavy atom. The molecule has 3 rings (SSSR count). The molecular formula is C17H17N5OS. The van der Waals surface area contributed by atoms with Crippen molar-refractivity contribution in [2.45, 2.75) is 19.9 Å². The number of pyridine rings is 1. The molecule has 0 bridgehead atoms. The highest BCUT2D eigenvalue weighted by Gasteiger charge is 2.24. The first-order valence-corrected chi connectivity index (χ1v) is 8.31. The second kappa shape index (κ2) is 6.84. The van der Waals surface area contributed by atoms with E-state index in [9.17, 15) is 4.79 Å². The molecule has 24 heavy (non-hydrogen) atoms. The highest BCUT2D eigenvalue weighted by Crippen LogP contribution is 2.28. The molecule has 3 aromatic heterocycles. The van der Waals surface area contributed by atoms with Gasteiger partial charge in [-0.1, -0.05) is 0 Å². The summed E-state index contributed by atoms with van der Waals surface area (Å²) in [6.07, 6.45) is 6.79. The molecule has 7 heteroatoms. The Morgan fingerprint density at radius 1 is 1.17 bits per heavy atom. The highest BCUT2D eigenvalue weighted by atomic mass is 32.1. The molecule has 0 N–H and O–H groups in total. The number of carbonyl (C=O) groups is 1. The first-order valence-electron chi connectivity index (χ1n) is 7.50. The smallest absolute Gasteiger partial charge is 0.266 e. The molecule has 3 heterocycles. The summed E-state index contributed by atoms with van der Waals surface area (Å²) in [7, 11) is 1.80. The molecule has 3 aromatic rings. The molecule has 0 spiro atoms. The Balaban J connectivity index is 1.86. The second-order valence-corrected chi connectivity index (χ2v) is 6.38. The number of carbonyl (C=O) groups excluding carboxylic acids is 1. The van der Waals surface area contributed by atoms with Gasteiger partial charge in [-0.3, -0.25) is 9.78 Å². The fourth-order valence-electron chi connectivity index (χ4n) is 2.30. The zero-order valence-electron chi connectivity index (χ0n) is 13.7. The predicted octanol–water partition coefficient (Wildman–Crippen LogP) is 3.14. The number of amides is 1. The first kappa shape index (κ1) is 16.2. The average Bonchev–Trinajstić information content (AvgIpc) is 3.03. The van der Waals surface area contributed by atoms with E-state index in [1.807, 2.05) is 26.0 Å². The van der Waals surface area contributed by atoms with Crippen molar-refractivity contribution in [3.63, 3.8) is 0 Å². The Kier molecular flexibility index (Phi) is 4.61. The van der Waals surface area contributed by atoms with E-state index >= 15 is 0 Å². The van der Waals surface area contributed by atoms with Gasteiger partial charge in [-0.05, 0) is 37.6 Å². The third-order valence-corrected chi connectivity index (χ3v) is 4.98. The molecule has 0 saturated carbocycles. The molecule has 0 aromatic carbocycles. The lowest BCUT2D eigenvalue weighted by Crippen LogP contribution is -2.29. The lowest BCUT2D eigenvalue weighted by Gasteiger charge is -2.24. The SMILES string of the molecule is Cc1nc(-c2ncccn2)sc1C(=O)N(C)C(C)c1ccncc1. The van der Waals surface area contributed by atoms with Gasteiger partial charge in [0.25, 0.3) is 5.91 Å². The number of aromatic nitrogens is 4. The zero-order chi connectivity index (χ0) is 17.1. The van der Waals surface area contributed by atoms with Crippen LogP contribution in [-0.2, 0) is 0 Å². The van der Waals surface area contributed by atoms with Gasteiger partial charge in [-0.2, -0.15) is 0 Å². The van der Waals surface area contributed by atoms with Crippen molar-refractivity contribution in [3.05, 3.63) is 59.1 Å². The summed E-state index contributed by atoms with van der Waals surface area (Å²) >= 11 is 1.32. The highest BCUT2D eigenvalue weighted by molar-refractivity contribution is 7.17. The third-order valence-electron chi connectivity index (χ3n) is 3.84. The fraction of sp³-hybridized carbons (Fsp3) is 0.235. The molecule has 1 unspecified atom stereocenters. The van der Waals surface area contributed by atoms with Crippen LogP contribution in [0.25, 0.3) is 10.8 Å². The Bertz CT molecular complexity index is 835. The van der Waals surface area contributed by atoms with Gasteiger partial charge in [0.2, 0.25) is 0 Å². The van der Waals surface area contributed by atoms with Crippen LogP contribution in [0.15, 0.2) is 43.0 Å². The van der Waals surface area contributed by atoms with E-state index in [1.54, 1.807) is 42.8 Å². The van der Waals surface area contributed by atoms with Gasteiger partial charge in [0, 0.05) is 31.8 Å². The van der Waals surface area contributed by atoms with E-state index in [4.69, 9.17) is 0 Å². The predicted molar refractivity (Wildman–Crippen MR) is 92.6 cm³/mol. The van der Waals surface area contributed by atoms with Crippen LogP contribution in [0.2, 0.25) is 0 Å². The lowest BCUT2D eigenvalue weighted by atomic mass is 10.1. The van der Waals surface area contributed by atoms with Gasteiger partial charge in [0.15, 0.2) is 10.8 Å². The molecule has 0 aliphatic heterocycles. The van der Waals surface area contributed by atoms with Crippen LogP contribution < -0.4 is 0 Å². The minimum Gasteiger partial charge on any atom is -0.334 e. The van der Waals surface area contributed by atoms with E-state index in [0.29, 0.717) is 21.4 Å². The normalized spacial score (nSPS) is 12.0. The number of aryl methyl sites for hydroxylation is 1. The van der Waals surface area contributed by atoms with Gasteiger partial charge >= 0.3 is 0 Å². The van der Waals surface area contributed by atoms with Crippen molar-refractivity contribution >= 4 is 17.2 Å². The summed E-state index contributed by atoms with van der Waals surface area (Å²) in [6.45, 7) is 3.83. The van der Waals surface area contributed by atoms with Crippen molar-refractivity contribution in [1.82, 2.24) is 24.8 Å². The largest absolute Gasteiger partial charge is 0.334 e. The van der Waals surface area contributed by atoms with Crippen molar-refractivity contribution in [1.29, 1.82) is 0 Å². The molecule has 1 amide bonds. The molecule has 122 valence electrons. The average molecular weight is 339 g/mol. The molecule has 0 aliphatic rings. The van der Waals surface area contributed by atoms with E-state index < -0.39 is 0 Å². The van der Waals surface area contributed by atoms with Crippen LogP contribution in [0, 0.1) is 6.92 Å². The van der Waals surface area contributed by atoms with E-state index in [-0.39, 0.29) is 11.9 Å². The minimum absolute atomic E-state index is 0.0570. The summed E-state index contributed by atoms with van der Waals surface area (Å²) in [5.41, 5.74) is 1.73. The van der Waals surface area contributed by atoms with Crippen LogP contribution in [0.1, 0.15) is 33.9 Å². The number of nitrogens with zero attached hydrogens (tertiary/aromatic N) is 5. The monoisotopic (exact) mass is 339 g/mol. The van der Waals surface area contributed by atoms with E-state index in [1.165, 1.54) is 11.3 Å². The third kappa shape index (κ3) is 3.16. The van der Waals surface area contributed by atoms with Crippen LogP contribution in [0.3, 0.4) is 0 Å².